The summed E-state index contributed by atoms with van der Waals surface area (Å²) in [5, 5.41) is 3.13. The summed E-state index contributed by atoms with van der Waals surface area (Å²) in [6.45, 7) is 1.23. The minimum Gasteiger partial charge on any atom is -0.463 e. The molecule has 3 aromatic rings. The molecule has 0 spiro atoms. The summed E-state index contributed by atoms with van der Waals surface area (Å²) in [6.07, 6.45) is 6.90. The third kappa shape index (κ3) is 3.12. The van der Waals surface area contributed by atoms with E-state index in [2.05, 4.69) is 20.3 Å². The summed E-state index contributed by atoms with van der Waals surface area (Å²) in [5.74, 6) is 1.24. The van der Waals surface area contributed by atoms with Crippen LogP contribution >= 0.6 is 0 Å². The van der Waals surface area contributed by atoms with E-state index in [0.29, 0.717) is 24.9 Å². The number of furan rings is 1. The van der Waals surface area contributed by atoms with Crippen LogP contribution in [-0.2, 0) is 4.74 Å². The first kappa shape index (κ1) is 14.2. The number of nitrogens with zero attached hydrogens (tertiary/aromatic N) is 3. The van der Waals surface area contributed by atoms with Crippen molar-refractivity contribution < 1.29 is 9.15 Å². The van der Waals surface area contributed by atoms with Gasteiger partial charge in [-0.2, -0.15) is 0 Å². The molecule has 3 rings (SSSR count). The van der Waals surface area contributed by atoms with Gasteiger partial charge in [-0.05, 0) is 29.8 Å². The molecule has 0 bridgehead atoms. The molecule has 22 heavy (non-hydrogen) atoms. The molecule has 0 fully saturated rings. The number of anilines is 1. The van der Waals surface area contributed by atoms with Crippen molar-refractivity contribution in [3.63, 3.8) is 0 Å². The maximum absolute atomic E-state index is 5.50. The number of aromatic nitrogens is 3. The van der Waals surface area contributed by atoms with Crippen LogP contribution in [0.1, 0.15) is 0 Å². The maximum atomic E-state index is 5.50. The zero-order valence-electron chi connectivity index (χ0n) is 12.2. The van der Waals surface area contributed by atoms with E-state index in [1.807, 2.05) is 24.3 Å². The van der Waals surface area contributed by atoms with Crippen LogP contribution in [0.25, 0.3) is 22.6 Å². The summed E-state index contributed by atoms with van der Waals surface area (Å²) in [4.78, 5) is 13.0. The van der Waals surface area contributed by atoms with Crippen molar-refractivity contribution in [1.82, 2.24) is 15.0 Å². The first-order chi connectivity index (χ1) is 10.9. The predicted octanol–water partition coefficient (Wildman–Crippen LogP) is 2.86. The first-order valence-corrected chi connectivity index (χ1v) is 6.92. The summed E-state index contributed by atoms with van der Waals surface area (Å²) in [7, 11) is 1.66. The van der Waals surface area contributed by atoms with Gasteiger partial charge in [-0.25, -0.2) is 9.97 Å². The number of hydrogen-bond acceptors (Lipinski definition) is 6. The fraction of sp³-hybridized carbons (Fsp3) is 0.188. The standard InChI is InChI=1S/C16H16N4O2/c1-21-10-8-18-16-19-11-13(12-4-6-17-7-5-12)15(20-16)14-3-2-9-22-14/h2-7,9,11H,8,10H2,1H3,(H,18,19,20). The molecular weight excluding hydrogens is 280 g/mol. The van der Waals surface area contributed by atoms with Gasteiger partial charge in [0.2, 0.25) is 5.95 Å². The smallest absolute Gasteiger partial charge is 0.223 e. The zero-order valence-corrected chi connectivity index (χ0v) is 12.2. The molecule has 1 N–H and O–H groups in total. The fourth-order valence-corrected chi connectivity index (χ4v) is 2.08. The Morgan fingerprint density at radius 3 is 2.82 bits per heavy atom. The molecule has 6 heteroatoms. The second-order valence-electron chi connectivity index (χ2n) is 4.59. The summed E-state index contributed by atoms with van der Waals surface area (Å²) >= 11 is 0. The largest absolute Gasteiger partial charge is 0.463 e. The number of ether oxygens (including phenoxy) is 1. The molecule has 0 aromatic carbocycles. The third-order valence-electron chi connectivity index (χ3n) is 3.12. The van der Waals surface area contributed by atoms with Gasteiger partial charge in [0.15, 0.2) is 5.76 Å². The van der Waals surface area contributed by atoms with E-state index in [9.17, 15) is 0 Å². The minimum atomic E-state index is 0.543. The number of methoxy groups -OCH3 is 1. The molecule has 0 atom stereocenters. The van der Waals surface area contributed by atoms with Crippen LogP contribution in [0.4, 0.5) is 5.95 Å². The summed E-state index contributed by atoms with van der Waals surface area (Å²) in [5.41, 5.74) is 2.63. The topological polar surface area (TPSA) is 73.1 Å². The van der Waals surface area contributed by atoms with Gasteiger partial charge in [0.1, 0.15) is 5.69 Å². The molecule has 6 nitrogen and oxygen atoms in total. The van der Waals surface area contributed by atoms with Crippen LogP contribution in [0.2, 0.25) is 0 Å². The van der Waals surface area contributed by atoms with Crippen LogP contribution in [0.15, 0.2) is 53.5 Å². The van der Waals surface area contributed by atoms with E-state index in [1.54, 1.807) is 32.0 Å². The monoisotopic (exact) mass is 296 g/mol. The van der Waals surface area contributed by atoms with Gasteiger partial charge in [-0.1, -0.05) is 0 Å². The summed E-state index contributed by atoms with van der Waals surface area (Å²) in [6, 6.07) is 7.56. The number of hydrogen-bond donors (Lipinski definition) is 1. The lowest BCUT2D eigenvalue weighted by Crippen LogP contribution is -2.10. The van der Waals surface area contributed by atoms with Crippen LogP contribution in [0.5, 0.6) is 0 Å². The van der Waals surface area contributed by atoms with Crippen molar-refractivity contribution in [3.8, 4) is 22.6 Å². The highest BCUT2D eigenvalue weighted by Gasteiger charge is 2.13. The molecule has 0 aliphatic heterocycles. The van der Waals surface area contributed by atoms with Crippen molar-refractivity contribution in [2.75, 3.05) is 25.6 Å². The van der Waals surface area contributed by atoms with Crippen molar-refractivity contribution >= 4 is 5.95 Å². The Morgan fingerprint density at radius 2 is 2.09 bits per heavy atom. The quantitative estimate of drug-likeness (QED) is 0.705. The molecule has 0 amide bonds. The van der Waals surface area contributed by atoms with Crippen molar-refractivity contribution in [2.45, 2.75) is 0 Å². The predicted molar refractivity (Wildman–Crippen MR) is 83.3 cm³/mol. The van der Waals surface area contributed by atoms with E-state index >= 15 is 0 Å². The average molecular weight is 296 g/mol. The molecule has 0 aliphatic rings. The highest BCUT2D eigenvalue weighted by molar-refractivity contribution is 5.78. The number of pyridine rings is 1. The molecule has 3 heterocycles. The molecule has 0 radical (unpaired) electrons. The van der Waals surface area contributed by atoms with E-state index in [4.69, 9.17) is 9.15 Å². The maximum Gasteiger partial charge on any atom is 0.223 e. The van der Waals surface area contributed by atoms with Gasteiger partial charge in [-0.15, -0.1) is 0 Å². The van der Waals surface area contributed by atoms with Gasteiger partial charge in [0.25, 0.3) is 0 Å². The van der Waals surface area contributed by atoms with Gasteiger partial charge >= 0.3 is 0 Å². The lowest BCUT2D eigenvalue weighted by atomic mass is 10.1. The number of nitrogens with one attached hydrogen (secondary N) is 1. The van der Waals surface area contributed by atoms with E-state index < -0.39 is 0 Å². The molecule has 0 saturated carbocycles. The Bertz CT molecular complexity index is 714. The normalized spacial score (nSPS) is 10.6. The zero-order chi connectivity index (χ0) is 15.2. The average Bonchev–Trinajstić information content (AvgIpc) is 3.10. The number of rotatable bonds is 6. The fourth-order valence-electron chi connectivity index (χ4n) is 2.08. The Balaban J connectivity index is 1.99. The van der Waals surface area contributed by atoms with Crippen molar-refractivity contribution in [2.24, 2.45) is 0 Å². The Morgan fingerprint density at radius 1 is 1.23 bits per heavy atom. The van der Waals surface area contributed by atoms with Crippen LogP contribution in [0.3, 0.4) is 0 Å². The van der Waals surface area contributed by atoms with Crippen molar-refractivity contribution in [1.29, 1.82) is 0 Å². The molecule has 0 unspecified atom stereocenters. The first-order valence-electron chi connectivity index (χ1n) is 6.92. The Labute approximate surface area is 128 Å². The SMILES string of the molecule is COCCNc1ncc(-c2ccncc2)c(-c2ccco2)n1. The van der Waals surface area contributed by atoms with E-state index in [1.165, 1.54) is 0 Å². The molecule has 0 aliphatic carbocycles. The molecule has 0 saturated heterocycles. The van der Waals surface area contributed by atoms with Crippen LogP contribution in [-0.4, -0.2) is 35.2 Å². The highest BCUT2D eigenvalue weighted by Crippen LogP contribution is 2.30. The third-order valence-corrected chi connectivity index (χ3v) is 3.12. The molecule has 3 aromatic heterocycles. The lowest BCUT2D eigenvalue weighted by Gasteiger charge is -2.09. The Kier molecular flexibility index (Phi) is 4.41. The van der Waals surface area contributed by atoms with E-state index in [-0.39, 0.29) is 0 Å². The van der Waals surface area contributed by atoms with Crippen LogP contribution in [0, 0.1) is 0 Å². The van der Waals surface area contributed by atoms with Gasteiger partial charge < -0.3 is 14.5 Å². The highest BCUT2D eigenvalue weighted by atomic mass is 16.5. The van der Waals surface area contributed by atoms with Gasteiger partial charge in [-0.3, -0.25) is 4.98 Å². The second kappa shape index (κ2) is 6.82. The Hall–Kier alpha value is -2.73. The second-order valence-corrected chi connectivity index (χ2v) is 4.59. The minimum absolute atomic E-state index is 0.543. The van der Waals surface area contributed by atoms with Gasteiger partial charge in [0.05, 0.1) is 12.9 Å². The molecule has 112 valence electrons. The summed E-state index contributed by atoms with van der Waals surface area (Å²) < 4.78 is 10.5. The van der Waals surface area contributed by atoms with Gasteiger partial charge in [0, 0.05) is 37.8 Å². The lowest BCUT2D eigenvalue weighted by molar-refractivity contribution is 0.210. The van der Waals surface area contributed by atoms with Crippen molar-refractivity contribution in [3.05, 3.63) is 49.1 Å². The van der Waals surface area contributed by atoms with E-state index in [0.717, 1.165) is 16.8 Å². The molecular formula is C16H16N4O2. The van der Waals surface area contributed by atoms with Crippen LogP contribution < -0.4 is 5.32 Å².